The SMILES string of the molecule is CC(=O)c1c[nH]c(C(=O)O[C@@H](C)c2nc3sc4c(c3c(=O)[nH]2)CC[C@@H](C)C4)c1. The van der Waals surface area contributed by atoms with Gasteiger partial charge in [-0.05, 0) is 50.7 Å². The van der Waals surface area contributed by atoms with Gasteiger partial charge in [0.1, 0.15) is 10.5 Å². The Balaban J connectivity index is 1.60. The summed E-state index contributed by atoms with van der Waals surface area (Å²) in [5.41, 5.74) is 1.52. The fourth-order valence-electron chi connectivity index (χ4n) is 3.55. The van der Waals surface area contributed by atoms with Crippen LogP contribution in [-0.2, 0) is 17.6 Å². The second kappa shape index (κ2) is 7.01. The van der Waals surface area contributed by atoms with E-state index in [9.17, 15) is 14.4 Å². The number of aryl methyl sites for hydroxylation is 1. The maximum absolute atomic E-state index is 12.7. The van der Waals surface area contributed by atoms with Crippen LogP contribution in [0.3, 0.4) is 0 Å². The Hall–Kier alpha value is -2.74. The molecule has 0 fully saturated rings. The van der Waals surface area contributed by atoms with Gasteiger partial charge in [0, 0.05) is 16.6 Å². The number of ether oxygens (including phenoxy) is 1. The average molecular weight is 399 g/mol. The summed E-state index contributed by atoms with van der Waals surface area (Å²) in [4.78, 5) is 48.4. The molecule has 3 heterocycles. The molecule has 7 nitrogen and oxygen atoms in total. The lowest BCUT2D eigenvalue weighted by atomic mass is 9.89. The van der Waals surface area contributed by atoms with Crippen LogP contribution in [0.1, 0.15) is 70.4 Å². The average Bonchev–Trinajstić information content (AvgIpc) is 3.25. The fraction of sp³-hybridized carbons (Fsp3) is 0.400. The zero-order valence-electron chi connectivity index (χ0n) is 15.9. The number of H-pyrrole nitrogens is 2. The van der Waals surface area contributed by atoms with Gasteiger partial charge in [0.05, 0.1) is 5.39 Å². The van der Waals surface area contributed by atoms with Crippen molar-refractivity contribution in [3.05, 3.63) is 50.1 Å². The molecule has 2 atom stereocenters. The molecule has 0 saturated heterocycles. The van der Waals surface area contributed by atoms with Gasteiger partial charge >= 0.3 is 5.97 Å². The first-order valence-corrected chi connectivity index (χ1v) is 10.1. The van der Waals surface area contributed by atoms with E-state index in [2.05, 4.69) is 21.9 Å². The van der Waals surface area contributed by atoms with E-state index in [0.29, 0.717) is 27.5 Å². The normalized spacial score (nSPS) is 17.3. The molecule has 0 saturated carbocycles. The Morgan fingerprint density at radius 2 is 2.18 bits per heavy atom. The molecule has 1 aliphatic carbocycles. The highest BCUT2D eigenvalue weighted by Gasteiger charge is 2.25. The van der Waals surface area contributed by atoms with Crippen molar-refractivity contribution in [3.63, 3.8) is 0 Å². The Labute approximate surface area is 165 Å². The van der Waals surface area contributed by atoms with Gasteiger partial charge in [-0.25, -0.2) is 9.78 Å². The van der Waals surface area contributed by atoms with Gasteiger partial charge in [-0.3, -0.25) is 9.59 Å². The van der Waals surface area contributed by atoms with Gasteiger partial charge < -0.3 is 14.7 Å². The highest BCUT2D eigenvalue weighted by molar-refractivity contribution is 7.18. The number of carbonyl (C=O) groups is 2. The van der Waals surface area contributed by atoms with Crippen molar-refractivity contribution in [2.45, 2.75) is 46.1 Å². The number of thiophene rings is 1. The smallest absolute Gasteiger partial charge is 0.355 e. The zero-order chi connectivity index (χ0) is 20.0. The molecule has 3 aromatic rings. The summed E-state index contributed by atoms with van der Waals surface area (Å²) in [6.07, 6.45) is 3.68. The number of rotatable bonds is 4. The van der Waals surface area contributed by atoms with Crippen LogP contribution in [0.15, 0.2) is 17.1 Å². The van der Waals surface area contributed by atoms with Crippen molar-refractivity contribution >= 4 is 33.3 Å². The summed E-state index contributed by atoms with van der Waals surface area (Å²) in [5.74, 6) is 0.174. The third-order valence-electron chi connectivity index (χ3n) is 5.16. The van der Waals surface area contributed by atoms with Crippen LogP contribution < -0.4 is 5.56 Å². The zero-order valence-corrected chi connectivity index (χ0v) is 16.7. The summed E-state index contributed by atoms with van der Waals surface area (Å²) < 4.78 is 5.43. The van der Waals surface area contributed by atoms with Crippen molar-refractivity contribution in [2.75, 3.05) is 0 Å². The summed E-state index contributed by atoms with van der Waals surface area (Å²) >= 11 is 1.56. The standard InChI is InChI=1S/C20H21N3O4S/c1-9-4-5-13-15(6-9)28-19-16(13)18(25)22-17(23-19)11(3)27-20(26)14-7-12(8-21-14)10(2)24/h7-9,11,21H,4-6H2,1-3H3,(H,22,23,25)/t9-,11+/m1/s1. The van der Waals surface area contributed by atoms with Gasteiger partial charge in [-0.2, -0.15) is 0 Å². The molecule has 0 amide bonds. The Kier molecular flexibility index (Phi) is 4.66. The van der Waals surface area contributed by atoms with Crippen LogP contribution in [0.25, 0.3) is 10.2 Å². The molecule has 0 spiro atoms. The first-order valence-electron chi connectivity index (χ1n) is 9.28. The number of aromatic nitrogens is 3. The van der Waals surface area contributed by atoms with E-state index in [4.69, 9.17) is 4.74 Å². The van der Waals surface area contributed by atoms with E-state index >= 15 is 0 Å². The van der Waals surface area contributed by atoms with Gasteiger partial charge in [-0.1, -0.05) is 6.92 Å². The predicted octanol–water partition coefficient (Wildman–Crippen LogP) is 3.56. The Bertz CT molecular complexity index is 1140. The Morgan fingerprint density at radius 3 is 2.89 bits per heavy atom. The van der Waals surface area contributed by atoms with Crippen LogP contribution in [0.5, 0.6) is 0 Å². The highest BCUT2D eigenvalue weighted by atomic mass is 32.1. The van der Waals surface area contributed by atoms with Gasteiger partial charge in [0.15, 0.2) is 17.7 Å². The second-order valence-corrected chi connectivity index (χ2v) is 8.47. The van der Waals surface area contributed by atoms with Gasteiger partial charge in [0.25, 0.3) is 5.56 Å². The molecule has 3 aromatic heterocycles. The van der Waals surface area contributed by atoms with Crippen molar-refractivity contribution in [2.24, 2.45) is 5.92 Å². The number of carbonyl (C=O) groups excluding carboxylic acids is 2. The van der Waals surface area contributed by atoms with E-state index in [1.165, 1.54) is 24.1 Å². The topological polar surface area (TPSA) is 105 Å². The number of aromatic amines is 2. The number of Topliss-reactive ketones (excluding diaryl/α,β-unsaturated/α-hetero) is 1. The second-order valence-electron chi connectivity index (χ2n) is 7.39. The van der Waals surface area contributed by atoms with Crippen LogP contribution >= 0.6 is 11.3 Å². The molecule has 0 unspecified atom stereocenters. The molecule has 0 bridgehead atoms. The van der Waals surface area contributed by atoms with E-state index in [1.807, 2.05) is 0 Å². The minimum absolute atomic E-state index is 0.143. The first-order chi connectivity index (χ1) is 13.3. The van der Waals surface area contributed by atoms with E-state index in [1.54, 1.807) is 18.3 Å². The number of esters is 1. The summed E-state index contributed by atoms with van der Waals surface area (Å²) in [6.45, 7) is 5.30. The number of fused-ring (bicyclic) bond motifs is 3. The van der Waals surface area contributed by atoms with Crippen molar-refractivity contribution < 1.29 is 14.3 Å². The Morgan fingerprint density at radius 1 is 1.39 bits per heavy atom. The number of hydrogen-bond donors (Lipinski definition) is 2. The van der Waals surface area contributed by atoms with Crippen molar-refractivity contribution in [3.8, 4) is 0 Å². The maximum Gasteiger partial charge on any atom is 0.355 e. The number of hydrogen-bond acceptors (Lipinski definition) is 6. The molecule has 0 aliphatic heterocycles. The van der Waals surface area contributed by atoms with Crippen LogP contribution in [0.2, 0.25) is 0 Å². The quantitative estimate of drug-likeness (QED) is 0.515. The summed E-state index contributed by atoms with van der Waals surface area (Å²) in [5, 5.41) is 0.671. The van der Waals surface area contributed by atoms with Gasteiger partial charge in [-0.15, -0.1) is 11.3 Å². The third kappa shape index (κ3) is 3.28. The molecule has 28 heavy (non-hydrogen) atoms. The van der Waals surface area contributed by atoms with Crippen LogP contribution in [0.4, 0.5) is 0 Å². The molecule has 1 aliphatic rings. The largest absolute Gasteiger partial charge is 0.450 e. The minimum atomic E-state index is -0.730. The monoisotopic (exact) mass is 399 g/mol. The van der Waals surface area contributed by atoms with E-state index in [-0.39, 0.29) is 17.0 Å². The van der Waals surface area contributed by atoms with Gasteiger partial charge in [0.2, 0.25) is 0 Å². The van der Waals surface area contributed by atoms with Crippen molar-refractivity contribution in [1.82, 2.24) is 15.0 Å². The number of nitrogens with one attached hydrogen (secondary N) is 2. The molecule has 146 valence electrons. The number of nitrogens with zero attached hydrogens (tertiary/aromatic N) is 1. The molecular formula is C20H21N3O4S. The first kappa shape index (κ1) is 18.6. The third-order valence-corrected chi connectivity index (χ3v) is 6.31. The molecule has 0 aromatic carbocycles. The summed E-state index contributed by atoms with van der Waals surface area (Å²) in [6, 6.07) is 1.45. The molecular weight excluding hydrogens is 378 g/mol. The predicted molar refractivity (Wildman–Crippen MR) is 106 cm³/mol. The van der Waals surface area contributed by atoms with Crippen LogP contribution in [-0.4, -0.2) is 26.7 Å². The summed E-state index contributed by atoms with van der Waals surface area (Å²) in [7, 11) is 0. The highest BCUT2D eigenvalue weighted by Crippen LogP contribution is 2.36. The van der Waals surface area contributed by atoms with E-state index in [0.717, 1.165) is 24.8 Å². The molecule has 4 rings (SSSR count). The number of ketones is 1. The lowest BCUT2D eigenvalue weighted by Gasteiger charge is -2.17. The van der Waals surface area contributed by atoms with Crippen molar-refractivity contribution in [1.29, 1.82) is 0 Å². The lowest BCUT2D eigenvalue weighted by Crippen LogP contribution is -2.18. The maximum atomic E-state index is 12.7. The minimum Gasteiger partial charge on any atom is -0.450 e. The molecule has 0 radical (unpaired) electrons. The fourth-order valence-corrected chi connectivity index (χ4v) is 4.94. The lowest BCUT2D eigenvalue weighted by molar-refractivity contribution is 0.0314. The van der Waals surface area contributed by atoms with E-state index < -0.39 is 12.1 Å². The van der Waals surface area contributed by atoms with Crippen LogP contribution in [0, 0.1) is 5.92 Å². The molecule has 2 N–H and O–H groups in total. The molecule has 8 heteroatoms.